The second-order valence-corrected chi connectivity index (χ2v) is 8.25. The highest BCUT2D eigenvalue weighted by molar-refractivity contribution is 6.51. The summed E-state index contributed by atoms with van der Waals surface area (Å²) >= 11 is 0. The fourth-order valence-electron chi connectivity index (χ4n) is 4.22. The predicted octanol–water partition coefficient (Wildman–Crippen LogP) is 5.54. The number of Topliss-reactive ketones (excluding diaryl/α,β-unsaturated/α-hetero) is 1. The highest BCUT2D eigenvalue weighted by atomic mass is 16.5. The average Bonchev–Trinajstić information content (AvgIpc) is 3.32. The second-order valence-electron chi connectivity index (χ2n) is 8.25. The number of aryl methyl sites for hydroxylation is 3. The summed E-state index contributed by atoms with van der Waals surface area (Å²) in [5.74, 6) is 0.0608. The van der Waals surface area contributed by atoms with E-state index in [2.05, 4.69) is 0 Å². The van der Waals surface area contributed by atoms with Crippen LogP contribution in [0.2, 0.25) is 0 Å². The van der Waals surface area contributed by atoms with Gasteiger partial charge in [-0.1, -0.05) is 12.1 Å². The molecule has 2 heterocycles. The smallest absolute Gasteiger partial charge is 0.300 e. The summed E-state index contributed by atoms with van der Waals surface area (Å²) in [7, 11) is 0. The molecular formula is C27H27NO5. The van der Waals surface area contributed by atoms with Crippen LogP contribution in [0.15, 0.2) is 58.5 Å². The monoisotopic (exact) mass is 445 g/mol. The van der Waals surface area contributed by atoms with Crippen molar-refractivity contribution in [1.82, 2.24) is 0 Å². The van der Waals surface area contributed by atoms with Gasteiger partial charge in [0.05, 0.1) is 12.2 Å². The number of amides is 1. The largest absolute Gasteiger partial charge is 0.507 e. The van der Waals surface area contributed by atoms with Gasteiger partial charge in [0.25, 0.3) is 11.7 Å². The number of hydrogen-bond acceptors (Lipinski definition) is 5. The molecule has 0 bridgehead atoms. The summed E-state index contributed by atoms with van der Waals surface area (Å²) in [6, 6.07) is 13.4. The minimum Gasteiger partial charge on any atom is -0.507 e. The summed E-state index contributed by atoms with van der Waals surface area (Å²) in [5, 5.41) is 11.3. The number of anilines is 1. The molecule has 1 N–H and O–H groups in total. The molecule has 6 heteroatoms. The Labute approximate surface area is 193 Å². The van der Waals surface area contributed by atoms with Gasteiger partial charge < -0.3 is 14.3 Å². The molecule has 33 heavy (non-hydrogen) atoms. The Hall–Kier alpha value is -3.80. The molecule has 1 aliphatic heterocycles. The van der Waals surface area contributed by atoms with Gasteiger partial charge in [-0.3, -0.25) is 14.5 Å². The van der Waals surface area contributed by atoms with E-state index in [0.717, 1.165) is 16.7 Å². The van der Waals surface area contributed by atoms with Crippen molar-refractivity contribution in [3.05, 3.63) is 87.9 Å². The van der Waals surface area contributed by atoms with Crippen molar-refractivity contribution >= 4 is 23.1 Å². The van der Waals surface area contributed by atoms with Crippen molar-refractivity contribution in [1.29, 1.82) is 0 Å². The van der Waals surface area contributed by atoms with Crippen LogP contribution in [0.4, 0.5) is 5.69 Å². The van der Waals surface area contributed by atoms with Crippen molar-refractivity contribution in [3.8, 4) is 5.75 Å². The number of furan rings is 1. The zero-order valence-corrected chi connectivity index (χ0v) is 19.4. The van der Waals surface area contributed by atoms with E-state index in [4.69, 9.17) is 9.15 Å². The van der Waals surface area contributed by atoms with E-state index in [0.29, 0.717) is 35.1 Å². The lowest BCUT2D eigenvalue weighted by atomic mass is 9.97. The van der Waals surface area contributed by atoms with Crippen LogP contribution in [0.5, 0.6) is 5.75 Å². The molecule has 6 nitrogen and oxygen atoms in total. The maximum absolute atomic E-state index is 13.3. The zero-order valence-electron chi connectivity index (χ0n) is 19.4. The number of hydrogen-bond donors (Lipinski definition) is 1. The minimum atomic E-state index is -0.883. The molecule has 3 aromatic rings. The number of carbonyl (C=O) groups excluding carboxylic acids is 2. The molecule has 1 saturated heterocycles. The highest BCUT2D eigenvalue weighted by Crippen LogP contribution is 2.44. The van der Waals surface area contributed by atoms with Gasteiger partial charge >= 0.3 is 0 Å². The fourth-order valence-corrected chi connectivity index (χ4v) is 4.22. The topological polar surface area (TPSA) is 80.0 Å². The maximum Gasteiger partial charge on any atom is 0.300 e. The Kier molecular flexibility index (Phi) is 5.85. The number of aliphatic hydroxyl groups is 1. The standard InChI is InChI=1S/C27H27NO5/c1-6-32-21-13-11-19(14-16(21)3)25(29)23-24(22-12-10-17(4)33-22)28(27(31)26(23)30)20-9-7-8-15(2)18(20)5/h7-14,24,29H,6H2,1-5H3/b25-23-. The minimum absolute atomic E-state index is 0.00110. The third-order valence-electron chi connectivity index (χ3n) is 6.06. The molecule has 0 radical (unpaired) electrons. The summed E-state index contributed by atoms with van der Waals surface area (Å²) in [6.45, 7) is 9.93. The molecule has 0 saturated carbocycles. The molecule has 1 unspecified atom stereocenters. The van der Waals surface area contributed by atoms with E-state index in [1.165, 1.54) is 4.90 Å². The van der Waals surface area contributed by atoms with E-state index in [9.17, 15) is 14.7 Å². The van der Waals surface area contributed by atoms with Crippen molar-refractivity contribution in [2.45, 2.75) is 40.7 Å². The van der Waals surface area contributed by atoms with Gasteiger partial charge in [0, 0.05) is 11.3 Å². The van der Waals surface area contributed by atoms with Gasteiger partial charge in [-0.05, 0) is 87.7 Å². The molecule has 0 spiro atoms. The molecule has 0 aliphatic carbocycles. The van der Waals surface area contributed by atoms with Crippen LogP contribution in [-0.2, 0) is 9.59 Å². The highest BCUT2D eigenvalue weighted by Gasteiger charge is 2.48. The first-order valence-corrected chi connectivity index (χ1v) is 10.9. The molecule has 1 aliphatic rings. The Balaban J connectivity index is 1.93. The van der Waals surface area contributed by atoms with Crippen molar-refractivity contribution < 1.29 is 23.8 Å². The average molecular weight is 446 g/mol. The molecule has 170 valence electrons. The first-order valence-electron chi connectivity index (χ1n) is 10.9. The van der Waals surface area contributed by atoms with E-state index in [1.807, 2.05) is 39.8 Å². The van der Waals surface area contributed by atoms with E-state index in [1.54, 1.807) is 43.3 Å². The van der Waals surface area contributed by atoms with Gasteiger partial charge in [-0.15, -0.1) is 0 Å². The SMILES string of the molecule is CCOc1ccc(/C(O)=C2/C(=O)C(=O)N(c3cccc(C)c3C)C2c2ccc(C)o2)cc1C. The predicted molar refractivity (Wildman–Crippen MR) is 126 cm³/mol. The molecule has 2 aromatic carbocycles. The molecule has 1 fully saturated rings. The summed E-state index contributed by atoms with van der Waals surface area (Å²) in [6.07, 6.45) is 0. The van der Waals surface area contributed by atoms with E-state index in [-0.39, 0.29) is 11.3 Å². The Morgan fingerprint density at radius 1 is 1.03 bits per heavy atom. The second kappa shape index (κ2) is 8.62. The molecule has 1 amide bonds. The lowest BCUT2D eigenvalue weighted by molar-refractivity contribution is -0.132. The first kappa shape index (κ1) is 22.4. The lowest BCUT2D eigenvalue weighted by Crippen LogP contribution is -2.30. The van der Waals surface area contributed by atoms with Crippen LogP contribution in [0.3, 0.4) is 0 Å². The maximum atomic E-state index is 13.3. The van der Waals surface area contributed by atoms with Crippen LogP contribution >= 0.6 is 0 Å². The van der Waals surface area contributed by atoms with Gasteiger partial charge in [-0.25, -0.2) is 0 Å². The quantitative estimate of drug-likeness (QED) is 0.317. The lowest BCUT2D eigenvalue weighted by Gasteiger charge is -2.25. The van der Waals surface area contributed by atoms with Crippen LogP contribution < -0.4 is 9.64 Å². The van der Waals surface area contributed by atoms with Gasteiger partial charge in [0.15, 0.2) is 0 Å². The number of aliphatic hydroxyl groups excluding tert-OH is 1. The van der Waals surface area contributed by atoms with Crippen molar-refractivity contribution in [2.75, 3.05) is 11.5 Å². The van der Waals surface area contributed by atoms with E-state index >= 15 is 0 Å². The number of rotatable bonds is 5. The Morgan fingerprint density at radius 3 is 2.42 bits per heavy atom. The molecule has 1 aromatic heterocycles. The normalized spacial score (nSPS) is 17.6. The van der Waals surface area contributed by atoms with Crippen LogP contribution in [0.25, 0.3) is 5.76 Å². The van der Waals surface area contributed by atoms with Crippen molar-refractivity contribution in [3.63, 3.8) is 0 Å². The van der Waals surface area contributed by atoms with Gasteiger partial charge in [-0.2, -0.15) is 0 Å². The Bertz CT molecular complexity index is 1280. The number of benzene rings is 2. The summed E-state index contributed by atoms with van der Waals surface area (Å²) in [4.78, 5) is 28.0. The summed E-state index contributed by atoms with van der Waals surface area (Å²) < 4.78 is 11.5. The number of ketones is 1. The third-order valence-corrected chi connectivity index (χ3v) is 6.06. The molecule has 4 rings (SSSR count). The van der Waals surface area contributed by atoms with Gasteiger partial charge in [0.2, 0.25) is 0 Å². The third kappa shape index (κ3) is 3.82. The fraction of sp³-hybridized carbons (Fsp3) is 0.259. The number of nitrogens with zero attached hydrogens (tertiary/aromatic N) is 1. The van der Waals surface area contributed by atoms with E-state index < -0.39 is 17.7 Å². The number of carbonyl (C=O) groups is 2. The van der Waals surface area contributed by atoms with Crippen molar-refractivity contribution in [2.24, 2.45) is 0 Å². The Morgan fingerprint density at radius 2 is 1.79 bits per heavy atom. The van der Waals surface area contributed by atoms with Crippen LogP contribution in [0, 0.1) is 27.7 Å². The van der Waals surface area contributed by atoms with Crippen LogP contribution in [-0.4, -0.2) is 23.4 Å². The first-order chi connectivity index (χ1) is 15.7. The zero-order chi connectivity index (χ0) is 23.9. The van der Waals surface area contributed by atoms with Crippen LogP contribution in [0.1, 0.15) is 46.7 Å². The number of ether oxygens (including phenoxy) is 1. The summed E-state index contributed by atoms with van der Waals surface area (Å²) in [5.41, 5.74) is 3.73. The van der Waals surface area contributed by atoms with Gasteiger partial charge in [0.1, 0.15) is 29.1 Å². The molecular weight excluding hydrogens is 418 g/mol. The molecule has 1 atom stereocenters.